The lowest BCUT2D eigenvalue weighted by Crippen LogP contribution is -2.25. The van der Waals surface area contributed by atoms with Crippen molar-refractivity contribution in [1.29, 1.82) is 0 Å². The molecule has 0 bridgehead atoms. The van der Waals surface area contributed by atoms with Gasteiger partial charge in [0.15, 0.2) is 6.61 Å². The van der Waals surface area contributed by atoms with Crippen molar-refractivity contribution in [2.24, 2.45) is 0 Å². The first-order valence-electron chi connectivity index (χ1n) is 5.10. The van der Waals surface area contributed by atoms with Crippen LogP contribution in [0.4, 0.5) is 11.4 Å². The third-order valence-corrected chi connectivity index (χ3v) is 2.19. The Morgan fingerprint density at radius 2 is 2.40 bits per heavy atom. The van der Waals surface area contributed by atoms with Crippen LogP contribution in [0.15, 0.2) is 18.2 Å². The average molecular weight is 206 g/mol. The van der Waals surface area contributed by atoms with Gasteiger partial charge in [0.25, 0.3) is 5.91 Å². The van der Waals surface area contributed by atoms with Crippen LogP contribution in [0.5, 0.6) is 5.75 Å². The molecular formula is C11H14N2O2. The molecule has 0 radical (unpaired) electrons. The Bertz CT molecular complexity index is 377. The SMILES string of the molecule is CCCNc1ccc2c(c1)NC(=O)CO2. The molecule has 0 fully saturated rings. The van der Waals surface area contributed by atoms with Crippen molar-refractivity contribution in [2.75, 3.05) is 23.8 Å². The Morgan fingerprint density at radius 1 is 1.53 bits per heavy atom. The molecule has 2 N–H and O–H groups in total. The van der Waals surface area contributed by atoms with Gasteiger partial charge in [-0.1, -0.05) is 6.92 Å². The van der Waals surface area contributed by atoms with Gasteiger partial charge in [-0.25, -0.2) is 0 Å². The molecule has 15 heavy (non-hydrogen) atoms. The maximum atomic E-state index is 11.1. The third kappa shape index (κ3) is 2.21. The summed E-state index contributed by atoms with van der Waals surface area (Å²) >= 11 is 0. The highest BCUT2D eigenvalue weighted by atomic mass is 16.5. The lowest BCUT2D eigenvalue weighted by molar-refractivity contribution is -0.118. The third-order valence-electron chi connectivity index (χ3n) is 2.19. The molecule has 0 saturated carbocycles. The molecule has 1 amide bonds. The van der Waals surface area contributed by atoms with Crippen molar-refractivity contribution in [1.82, 2.24) is 0 Å². The normalized spacial score (nSPS) is 13.8. The number of fused-ring (bicyclic) bond motifs is 1. The largest absolute Gasteiger partial charge is 0.482 e. The van der Waals surface area contributed by atoms with Crippen molar-refractivity contribution in [3.8, 4) is 5.75 Å². The van der Waals surface area contributed by atoms with Gasteiger partial charge in [-0.3, -0.25) is 4.79 Å². The van der Waals surface area contributed by atoms with Gasteiger partial charge in [-0.2, -0.15) is 0 Å². The van der Waals surface area contributed by atoms with Crippen LogP contribution in [0.25, 0.3) is 0 Å². The summed E-state index contributed by atoms with van der Waals surface area (Å²) in [5, 5.41) is 6.03. The van der Waals surface area contributed by atoms with E-state index in [1.807, 2.05) is 18.2 Å². The molecule has 80 valence electrons. The summed E-state index contributed by atoms with van der Waals surface area (Å²) in [7, 11) is 0. The predicted molar refractivity (Wildman–Crippen MR) is 59.3 cm³/mol. The van der Waals surface area contributed by atoms with E-state index in [4.69, 9.17) is 4.74 Å². The lowest BCUT2D eigenvalue weighted by atomic mass is 10.2. The number of benzene rings is 1. The fraction of sp³-hybridized carbons (Fsp3) is 0.364. The van der Waals surface area contributed by atoms with E-state index in [1.165, 1.54) is 0 Å². The van der Waals surface area contributed by atoms with Gasteiger partial charge in [-0.05, 0) is 24.6 Å². The molecule has 0 aliphatic carbocycles. The zero-order chi connectivity index (χ0) is 10.7. The summed E-state index contributed by atoms with van der Waals surface area (Å²) in [5.74, 6) is 0.631. The predicted octanol–water partition coefficient (Wildman–Crippen LogP) is 1.84. The van der Waals surface area contributed by atoms with Crippen LogP contribution < -0.4 is 15.4 Å². The van der Waals surface area contributed by atoms with Crippen molar-refractivity contribution in [3.63, 3.8) is 0 Å². The van der Waals surface area contributed by atoms with Crippen molar-refractivity contribution in [2.45, 2.75) is 13.3 Å². The van der Waals surface area contributed by atoms with Crippen LogP contribution in [0.1, 0.15) is 13.3 Å². The number of rotatable bonds is 3. The van der Waals surface area contributed by atoms with E-state index in [0.717, 1.165) is 30.1 Å². The molecule has 4 nitrogen and oxygen atoms in total. The summed E-state index contributed by atoms with van der Waals surface area (Å²) in [4.78, 5) is 11.1. The van der Waals surface area contributed by atoms with E-state index in [9.17, 15) is 4.79 Å². The van der Waals surface area contributed by atoms with Gasteiger partial charge < -0.3 is 15.4 Å². The minimum absolute atomic E-state index is 0.102. The Balaban J connectivity index is 2.17. The monoisotopic (exact) mass is 206 g/mol. The number of amides is 1. The van der Waals surface area contributed by atoms with E-state index in [2.05, 4.69) is 17.6 Å². The summed E-state index contributed by atoms with van der Waals surface area (Å²) in [6, 6.07) is 5.71. The van der Waals surface area contributed by atoms with E-state index in [0.29, 0.717) is 0 Å². The molecule has 1 aliphatic heterocycles. The smallest absolute Gasteiger partial charge is 0.262 e. The number of hydrogen-bond acceptors (Lipinski definition) is 3. The maximum Gasteiger partial charge on any atom is 0.262 e. The molecule has 1 aromatic rings. The quantitative estimate of drug-likeness (QED) is 0.793. The molecule has 0 unspecified atom stereocenters. The van der Waals surface area contributed by atoms with Crippen LogP contribution in [0, 0.1) is 0 Å². The Labute approximate surface area is 88.6 Å². The zero-order valence-electron chi connectivity index (χ0n) is 8.67. The second-order valence-electron chi connectivity index (χ2n) is 3.47. The van der Waals surface area contributed by atoms with Gasteiger partial charge in [0.05, 0.1) is 5.69 Å². The van der Waals surface area contributed by atoms with Crippen LogP contribution in [-0.2, 0) is 4.79 Å². The minimum Gasteiger partial charge on any atom is -0.482 e. The second-order valence-corrected chi connectivity index (χ2v) is 3.47. The standard InChI is InChI=1S/C11H14N2O2/c1-2-5-12-8-3-4-10-9(6-8)13-11(14)7-15-10/h3-4,6,12H,2,5,7H2,1H3,(H,13,14). The van der Waals surface area contributed by atoms with E-state index in [1.54, 1.807) is 0 Å². The van der Waals surface area contributed by atoms with Gasteiger partial charge in [0, 0.05) is 12.2 Å². The Kier molecular flexibility index (Phi) is 2.76. The van der Waals surface area contributed by atoms with E-state index >= 15 is 0 Å². The number of carbonyl (C=O) groups excluding carboxylic acids is 1. The topological polar surface area (TPSA) is 50.4 Å². The molecule has 2 rings (SSSR count). The summed E-state index contributed by atoms with van der Waals surface area (Å²) in [6.07, 6.45) is 1.07. The summed E-state index contributed by atoms with van der Waals surface area (Å²) in [5.41, 5.74) is 1.74. The molecular weight excluding hydrogens is 192 g/mol. The van der Waals surface area contributed by atoms with Gasteiger partial charge in [-0.15, -0.1) is 0 Å². The first-order valence-corrected chi connectivity index (χ1v) is 5.10. The zero-order valence-corrected chi connectivity index (χ0v) is 8.67. The van der Waals surface area contributed by atoms with Crippen LogP contribution in [0.2, 0.25) is 0 Å². The minimum atomic E-state index is -0.102. The van der Waals surface area contributed by atoms with Crippen LogP contribution >= 0.6 is 0 Å². The molecule has 0 aromatic heterocycles. The maximum absolute atomic E-state index is 11.1. The molecule has 1 heterocycles. The molecule has 0 spiro atoms. The second kappa shape index (κ2) is 4.21. The molecule has 0 saturated heterocycles. The number of carbonyl (C=O) groups is 1. The number of nitrogens with one attached hydrogen (secondary N) is 2. The van der Waals surface area contributed by atoms with Crippen LogP contribution in [-0.4, -0.2) is 19.1 Å². The first-order chi connectivity index (χ1) is 7.29. The Hall–Kier alpha value is -1.71. The van der Waals surface area contributed by atoms with E-state index in [-0.39, 0.29) is 12.5 Å². The highest BCUT2D eigenvalue weighted by molar-refractivity contribution is 5.95. The average Bonchev–Trinajstić information content (AvgIpc) is 2.25. The van der Waals surface area contributed by atoms with Crippen LogP contribution in [0.3, 0.4) is 0 Å². The number of hydrogen-bond donors (Lipinski definition) is 2. The van der Waals surface area contributed by atoms with Crippen molar-refractivity contribution in [3.05, 3.63) is 18.2 Å². The van der Waals surface area contributed by atoms with Gasteiger partial charge in [0.2, 0.25) is 0 Å². The van der Waals surface area contributed by atoms with E-state index < -0.39 is 0 Å². The summed E-state index contributed by atoms with van der Waals surface area (Å²) < 4.78 is 5.26. The highest BCUT2D eigenvalue weighted by Gasteiger charge is 2.15. The number of anilines is 2. The molecule has 4 heteroatoms. The fourth-order valence-corrected chi connectivity index (χ4v) is 1.46. The van der Waals surface area contributed by atoms with Gasteiger partial charge in [0.1, 0.15) is 5.75 Å². The highest BCUT2D eigenvalue weighted by Crippen LogP contribution is 2.30. The Morgan fingerprint density at radius 3 is 3.20 bits per heavy atom. The molecule has 1 aliphatic rings. The summed E-state index contributed by atoms with van der Waals surface area (Å²) in [6.45, 7) is 3.14. The molecule has 1 aromatic carbocycles. The fourth-order valence-electron chi connectivity index (χ4n) is 1.46. The first kappa shape index (κ1) is 9.83. The van der Waals surface area contributed by atoms with Crippen molar-refractivity contribution < 1.29 is 9.53 Å². The van der Waals surface area contributed by atoms with Crippen molar-refractivity contribution >= 4 is 17.3 Å². The van der Waals surface area contributed by atoms with Gasteiger partial charge >= 0.3 is 0 Å². The lowest BCUT2D eigenvalue weighted by Gasteiger charge is -2.18. The molecule has 0 atom stereocenters. The number of ether oxygens (including phenoxy) is 1.